The SMILES string of the molecule is CC[C@@H](C(=O)NC1CCCCC1)N(Cc1ccc(OC)cc1)C(=O)CN(c1cccc(C)c1)S(C)(=O)=O. The van der Waals surface area contributed by atoms with Crippen LogP contribution in [0.1, 0.15) is 56.6 Å². The molecule has 0 saturated heterocycles. The highest BCUT2D eigenvalue weighted by Crippen LogP contribution is 2.22. The number of rotatable bonds is 11. The van der Waals surface area contributed by atoms with Gasteiger partial charge in [-0.2, -0.15) is 0 Å². The van der Waals surface area contributed by atoms with Gasteiger partial charge >= 0.3 is 0 Å². The molecule has 0 spiro atoms. The molecule has 0 aliphatic heterocycles. The molecule has 0 bridgehead atoms. The minimum absolute atomic E-state index is 0.105. The lowest BCUT2D eigenvalue weighted by atomic mass is 9.95. The van der Waals surface area contributed by atoms with E-state index in [0.717, 1.165) is 47.4 Å². The number of amides is 2. The molecule has 1 atom stereocenters. The van der Waals surface area contributed by atoms with Gasteiger partial charge in [0.2, 0.25) is 21.8 Å². The van der Waals surface area contributed by atoms with Crippen LogP contribution in [-0.2, 0) is 26.2 Å². The molecule has 0 radical (unpaired) electrons. The summed E-state index contributed by atoms with van der Waals surface area (Å²) in [6.45, 7) is 3.51. The van der Waals surface area contributed by atoms with Crippen LogP contribution in [0.4, 0.5) is 5.69 Å². The monoisotopic (exact) mass is 529 g/mol. The van der Waals surface area contributed by atoms with Crippen molar-refractivity contribution >= 4 is 27.5 Å². The fraction of sp³-hybridized carbons (Fsp3) is 0.500. The summed E-state index contributed by atoms with van der Waals surface area (Å²) in [6.07, 6.45) is 6.69. The highest BCUT2D eigenvalue weighted by Gasteiger charge is 2.32. The number of sulfonamides is 1. The second kappa shape index (κ2) is 12.9. The standard InChI is InChI=1S/C28H39N3O5S/c1-5-26(28(33)29-23-11-7-6-8-12-23)30(19-22-14-16-25(36-3)17-15-22)27(32)20-31(37(4,34)35)24-13-9-10-21(2)18-24/h9-10,13-18,23,26H,5-8,11-12,19-20H2,1-4H3,(H,29,33)/t26-/m0/s1. The van der Waals surface area contributed by atoms with Crippen molar-refractivity contribution in [2.24, 2.45) is 0 Å². The zero-order valence-corrected chi connectivity index (χ0v) is 23.1. The van der Waals surface area contributed by atoms with E-state index in [1.54, 1.807) is 37.4 Å². The Morgan fingerprint density at radius 3 is 2.32 bits per heavy atom. The smallest absolute Gasteiger partial charge is 0.244 e. The number of methoxy groups -OCH3 is 1. The Kier molecular flexibility index (Phi) is 9.97. The molecule has 3 rings (SSSR count). The van der Waals surface area contributed by atoms with Gasteiger partial charge in [0.25, 0.3) is 0 Å². The Balaban J connectivity index is 1.91. The molecule has 2 aromatic rings. The van der Waals surface area contributed by atoms with Crippen LogP contribution in [0.25, 0.3) is 0 Å². The molecule has 8 nitrogen and oxygen atoms in total. The number of hydrogen-bond acceptors (Lipinski definition) is 5. The Bertz CT molecular complexity index is 1160. The molecule has 9 heteroatoms. The maximum Gasteiger partial charge on any atom is 0.244 e. The number of nitrogens with one attached hydrogen (secondary N) is 1. The number of benzene rings is 2. The van der Waals surface area contributed by atoms with Crippen molar-refractivity contribution in [2.45, 2.75) is 71.0 Å². The fourth-order valence-corrected chi connectivity index (χ4v) is 5.63. The quantitative estimate of drug-likeness (QED) is 0.474. The number of carbonyl (C=O) groups excluding carboxylic acids is 2. The molecule has 37 heavy (non-hydrogen) atoms. The lowest BCUT2D eigenvalue weighted by Gasteiger charge is -2.34. The number of nitrogens with zero attached hydrogens (tertiary/aromatic N) is 2. The summed E-state index contributed by atoms with van der Waals surface area (Å²) in [5.74, 6) is 0.0533. The van der Waals surface area contributed by atoms with Gasteiger partial charge in [0.1, 0.15) is 18.3 Å². The maximum atomic E-state index is 13.8. The zero-order chi connectivity index (χ0) is 27.0. The average molecular weight is 530 g/mol. The summed E-state index contributed by atoms with van der Waals surface area (Å²) in [6, 6.07) is 13.7. The second-order valence-corrected chi connectivity index (χ2v) is 11.7. The normalized spacial score (nSPS) is 15.0. The van der Waals surface area contributed by atoms with Crippen LogP contribution in [0.2, 0.25) is 0 Å². The third-order valence-electron chi connectivity index (χ3n) is 6.82. The average Bonchev–Trinajstić information content (AvgIpc) is 2.87. The van der Waals surface area contributed by atoms with Crippen LogP contribution in [0.3, 0.4) is 0 Å². The predicted octanol–water partition coefficient (Wildman–Crippen LogP) is 4.03. The van der Waals surface area contributed by atoms with E-state index in [4.69, 9.17) is 4.74 Å². The van der Waals surface area contributed by atoms with E-state index in [9.17, 15) is 18.0 Å². The highest BCUT2D eigenvalue weighted by atomic mass is 32.2. The molecule has 0 aromatic heterocycles. The van der Waals surface area contributed by atoms with Gasteiger partial charge in [-0.3, -0.25) is 13.9 Å². The molecule has 0 heterocycles. The molecule has 2 amide bonds. The van der Waals surface area contributed by atoms with Crippen LogP contribution >= 0.6 is 0 Å². The first-order valence-electron chi connectivity index (χ1n) is 12.9. The van der Waals surface area contributed by atoms with Crippen LogP contribution in [0.5, 0.6) is 5.75 Å². The van der Waals surface area contributed by atoms with E-state index in [2.05, 4.69) is 5.32 Å². The van der Waals surface area contributed by atoms with Gasteiger partial charge in [0.15, 0.2) is 0 Å². The molecule has 1 saturated carbocycles. The number of hydrogen-bond donors (Lipinski definition) is 1. The van der Waals surface area contributed by atoms with Crippen molar-refractivity contribution in [1.29, 1.82) is 0 Å². The summed E-state index contributed by atoms with van der Waals surface area (Å²) in [5, 5.41) is 3.15. The summed E-state index contributed by atoms with van der Waals surface area (Å²) >= 11 is 0. The third-order valence-corrected chi connectivity index (χ3v) is 7.96. The van der Waals surface area contributed by atoms with Gasteiger partial charge < -0.3 is 15.0 Å². The second-order valence-electron chi connectivity index (χ2n) is 9.75. The van der Waals surface area contributed by atoms with Crippen molar-refractivity contribution in [3.05, 3.63) is 59.7 Å². The summed E-state index contributed by atoms with van der Waals surface area (Å²) in [5.41, 5.74) is 2.12. The number of carbonyl (C=O) groups is 2. The van der Waals surface area contributed by atoms with E-state index in [1.165, 1.54) is 11.3 Å². The molecule has 1 aliphatic rings. The summed E-state index contributed by atoms with van der Waals surface area (Å²) in [4.78, 5) is 28.7. The third kappa shape index (κ3) is 7.95. The van der Waals surface area contributed by atoms with Crippen LogP contribution < -0.4 is 14.4 Å². The number of aryl methyl sites for hydroxylation is 1. The zero-order valence-electron chi connectivity index (χ0n) is 22.3. The number of ether oxygens (including phenoxy) is 1. The van der Waals surface area contributed by atoms with Crippen LogP contribution in [-0.4, -0.2) is 57.1 Å². The van der Waals surface area contributed by atoms with E-state index in [0.29, 0.717) is 17.9 Å². The minimum atomic E-state index is -3.75. The topological polar surface area (TPSA) is 96.0 Å². The van der Waals surface area contributed by atoms with Crippen molar-refractivity contribution in [3.8, 4) is 5.75 Å². The van der Waals surface area contributed by atoms with Crippen molar-refractivity contribution in [3.63, 3.8) is 0 Å². The predicted molar refractivity (Wildman–Crippen MR) is 146 cm³/mol. The molecule has 1 fully saturated rings. The van der Waals surface area contributed by atoms with E-state index >= 15 is 0 Å². The lowest BCUT2D eigenvalue weighted by Crippen LogP contribution is -2.53. The van der Waals surface area contributed by atoms with Gasteiger partial charge in [0, 0.05) is 12.6 Å². The minimum Gasteiger partial charge on any atom is -0.497 e. The molecule has 1 aliphatic carbocycles. The highest BCUT2D eigenvalue weighted by molar-refractivity contribution is 7.92. The van der Waals surface area contributed by atoms with Gasteiger partial charge in [-0.25, -0.2) is 8.42 Å². The first-order chi connectivity index (χ1) is 17.6. The molecule has 2 aromatic carbocycles. The fourth-order valence-electron chi connectivity index (χ4n) is 4.79. The Hall–Kier alpha value is -3.07. The molecular formula is C28H39N3O5S. The lowest BCUT2D eigenvalue weighted by molar-refractivity contribution is -0.140. The van der Waals surface area contributed by atoms with E-state index in [-0.39, 0.29) is 18.5 Å². The van der Waals surface area contributed by atoms with E-state index < -0.39 is 28.5 Å². The molecular weight excluding hydrogens is 490 g/mol. The first kappa shape index (κ1) is 28.5. The van der Waals surface area contributed by atoms with Gasteiger partial charge in [-0.1, -0.05) is 50.5 Å². The summed E-state index contributed by atoms with van der Waals surface area (Å²) in [7, 11) is -2.17. The molecule has 1 N–H and O–H groups in total. The summed E-state index contributed by atoms with van der Waals surface area (Å²) < 4.78 is 31.8. The molecule has 0 unspecified atom stereocenters. The van der Waals surface area contributed by atoms with Gasteiger partial charge in [-0.05, 0) is 61.6 Å². The molecule has 202 valence electrons. The van der Waals surface area contributed by atoms with Gasteiger partial charge in [-0.15, -0.1) is 0 Å². The number of anilines is 1. The van der Waals surface area contributed by atoms with Gasteiger partial charge in [0.05, 0.1) is 19.1 Å². The van der Waals surface area contributed by atoms with Crippen molar-refractivity contribution in [2.75, 3.05) is 24.2 Å². The maximum absolute atomic E-state index is 13.8. The Morgan fingerprint density at radius 2 is 1.76 bits per heavy atom. The van der Waals surface area contributed by atoms with Crippen LogP contribution in [0, 0.1) is 6.92 Å². The van der Waals surface area contributed by atoms with Crippen LogP contribution in [0.15, 0.2) is 48.5 Å². The first-order valence-corrected chi connectivity index (χ1v) is 14.7. The van der Waals surface area contributed by atoms with Crippen molar-refractivity contribution < 1.29 is 22.7 Å². The van der Waals surface area contributed by atoms with E-state index in [1.807, 2.05) is 32.0 Å². The Morgan fingerprint density at radius 1 is 1.08 bits per heavy atom. The largest absolute Gasteiger partial charge is 0.497 e. The van der Waals surface area contributed by atoms with Crippen molar-refractivity contribution in [1.82, 2.24) is 10.2 Å². The Labute approximate surface area is 221 Å².